The topological polar surface area (TPSA) is 48.0 Å². The summed E-state index contributed by atoms with van der Waals surface area (Å²) >= 11 is 0. The Morgan fingerprint density at radius 2 is 2.07 bits per heavy atom. The van der Waals surface area contributed by atoms with Crippen LogP contribution in [0, 0.1) is 5.82 Å². The Balaban J connectivity index is 1.52. The molecule has 0 radical (unpaired) electrons. The van der Waals surface area contributed by atoms with Crippen molar-refractivity contribution in [1.29, 1.82) is 0 Å². The molecule has 0 saturated carbocycles. The highest BCUT2D eigenvalue weighted by Crippen LogP contribution is 2.54. The number of carbonyl (C=O) groups is 1. The number of hydrogen-bond donors (Lipinski definition) is 0. The van der Waals surface area contributed by atoms with E-state index in [2.05, 4.69) is 0 Å². The monoisotopic (exact) mass is 381 g/mol. The van der Waals surface area contributed by atoms with Crippen LogP contribution < -0.4 is 14.4 Å². The molecule has 4 heterocycles. The maximum absolute atomic E-state index is 14.9. The van der Waals surface area contributed by atoms with Crippen molar-refractivity contribution in [2.75, 3.05) is 31.3 Å². The summed E-state index contributed by atoms with van der Waals surface area (Å²) in [5.41, 5.74) is 1.96. The molecule has 144 valence electrons. The molecule has 1 fully saturated rings. The molecular weight excluding hydrogens is 361 g/mol. The van der Waals surface area contributed by atoms with E-state index in [4.69, 9.17) is 14.2 Å². The molecule has 6 rings (SSSR count). The number of fused-ring (bicyclic) bond motifs is 5. The van der Waals surface area contributed by atoms with Crippen LogP contribution in [0.15, 0.2) is 30.3 Å². The molecular formula is C22H20FNO4. The van der Waals surface area contributed by atoms with Gasteiger partial charge in [0, 0.05) is 30.2 Å². The third kappa shape index (κ3) is 2.01. The first kappa shape index (κ1) is 16.4. The van der Waals surface area contributed by atoms with Gasteiger partial charge in [0.1, 0.15) is 29.3 Å². The van der Waals surface area contributed by atoms with Gasteiger partial charge in [0.05, 0.1) is 24.9 Å². The van der Waals surface area contributed by atoms with Gasteiger partial charge in [0.15, 0.2) is 0 Å². The lowest BCUT2D eigenvalue weighted by molar-refractivity contribution is -0.122. The van der Waals surface area contributed by atoms with Crippen LogP contribution in [-0.4, -0.2) is 38.4 Å². The Morgan fingerprint density at radius 1 is 1.14 bits per heavy atom. The molecule has 0 aliphatic carbocycles. The predicted molar refractivity (Wildman–Crippen MR) is 99.6 cm³/mol. The van der Waals surface area contributed by atoms with Gasteiger partial charge >= 0.3 is 0 Å². The summed E-state index contributed by atoms with van der Waals surface area (Å²) in [7, 11) is 0. The van der Waals surface area contributed by atoms with E-state index in [0.29, 0.717) is 36.8 Å². The van der Waals surface area contributed by atoms with Crippen LogP contribution in [-0.2, 0) is 21.4 Å². The maximum Gasteiger partial charge on any atom is 0.246 e. The molecule has 0 N–H and O–H groups in total. The molecule has 1 spiro atoms. The Labute approximate surface area is 162 Å². The number of halogens is 1. The Kier molecular flexibility index (Phi) is 3.33. The molecule has 2 aromatic rings. The number of anilines is 1. The van der Waals surface area contributed by atoms with E-state index in [1.54, 1.807) is 11.0 Å². The highest BCUT2D eigenvalue weighted by molar-refractivity contribution is 6.11. The summed E-state index contributed by atoms with van der Waals surface area (Å²) in [5.74, 6) is 0.972. The standard InChI is InChI=1S/C22H20FNO4/c23-17-5-1-4-15-20(17)24(11-14-3-2-7-26-14)21(25)22(15)12-28-19-10-18-13(6-8-27-18)9-16(19)22/h1,4-5,9-10,14H,2-3,6-8,11-12H2/t14-,22?/m1/s1. The highest BCUT2D eigenvalue weighted by Gasteiger charge is 2.58. The minimum atomic E-state index is -0.997. The Morgan fingerprint density at radius 3 is 2.93 bits per heavy atom. The van der Waals surface area contributed by atoms with Crippen LogP contribution >= 0.6 is 0 Å². The number of benzene rings is 2. The fourth-order valence-corrected chi connectivity index (χ4v) is 5.07. The van der Waals surface area contributed by atoms with Crippen molar-refractivity contribution in [2.45, 2.75) is 30.8 Å². The van der Waals surface area contributed by atoms with Crippen molar-refractivity contribution in [3.05, 3.63) is 52.8 Å². The first-order chi connectivity index (χ1) is 13.7. The fourth-order valence-electron chi connectivity index (χ4n) is 5.07. The van der Waals surface area contributed by atoms with Gasteiger partial charge in [0.2, 0.25) is 5.91 Å². The van der Waals surface area contributed by atoms with Crippen molar-refractivity contribution in [1.82, 2.24) is 0 Å². The predicted octanol–water partition coefficient (Wildman–Crippen LogP) is 2.96. The van der Waals surface area contributed by atoms with Crippen molar-refractivity contribution >= 4 is 11.6 Å². The second-order valence-electron chi connectivity index (χ2n) is 7.94. The molecule has 1 unspecified atom stereocenters. The highest BCUT2D eigenvalue weighted by atomic mass is 19.1. The molecule has 28 heavy (non-hydrogen) atoms. The normalized spacial score (nSPS) is 27.0. The summed E-state index contributed by atoms with van der Waals surface area (Å²) in [6.45, 7) is 1.88. The minimum absolute atomic E-state index is 0.0539. The van der Waals surface area contributed by atoms with E-state index in [1.165, 1.54) is 6.07 Å². The molecule has 1 amide bonds. The van der Waals surface area contributed by atoms with E-state index in [1.807, 2.05) is 18.2 Å². The smallest absolute Gasteiger partial charge is 0.246 e. The Hall–Kier alpha value is -2.60. The third-order valence-corrected chi connectivity index (χ3v) is 6.43. The van der Waals surface area contributed by atoms with Gasteiger partial charge in [-0.15, -0.1) is 0 Å². The summed E-state index contributed by atoms with van der Waals surface area (Å²) in [6.07, 6.45) is 2.61. The van der Waals surface area contributed by atoms with E-state index < -0.39 is 5.41 Å². The van der Waals surface area contributed by atoms with Gasteiger partial charge in [-0.2, -0.15) is 0 Å². The van der Waals surface area contributed by atoms with E-state index in [0.717, 1.165) is 36.1 Å². The fraction of sp³-hybridized carbons (Fsp3) is 0.409. The van der Waals surface area contributed by atoms with Crippen LogP contribution in [0.1, 0.15) is 29.5 Å². The third-order valence-electron chi connectivity index (χ3n) is 6.43. The average molecular weight is 381 g/mol. The van der Waals surface area contributed by atoms with Crippen LogP contribution in [0.2, 0.25) is 0 Å². The number of para-hydroxylation sites is 1. The molecule has 4 aliphatic heterocycles. The zero-order valence-corrected chi connectivity index (χ0v) is 15.4. The van der Waals surface area contributed by atoms with Gasteiger partial charge in [-0.1, -0.05) is 12.1 Å². The summed E-state index contributed by atoms with van der Waals surface area (Å²) < 4.78 is 32.3. The largest absolute Gasteiger partial charge is 0.493 e. The number of hydrogen-bond acceptors (Lipinski definition) is 4. The molecule has 2 atom stereocenters. The quantitative estimate of drug-likeness (QED) is 0.803. The van der Waals surface area contributed by atoms with Crippen molar-refractivity contribution in [2.24, 2.45) is 0 Å². The Bertz CT molecular complexity index is 1000. The molecule has 6 heteroatoms. The zero-order valence-electron chi connectivity index (χ0n) is 15.4. The first-order valence-electron chi connectivity index (χ1n) is 9.84. The summed E-state index contributed by atoms with van der Waals surface area (Å²) in [4.78, 5) is 15.4. The van der Waals surface area contributed by atoms with Crippen LogP contribution in [0.25, 0.3) is 0 Å². The van der Waals surface area contributed by atoms with Crippen LogP contribution in [0.4, 0.5) is 10.1 Å². The zero-order chi connectivity index (χ0) is 18.9. The number of amides is 1. The number of rotatable bonds is 2. The average Bonchev–Trinajstić information content (AvgIpc) is 3.46. The van der Waals surface area contributed by atoms with Crippen LogP contribution in [0.3, 0.4) is 0 Å². The number of nitrogens with zero attached hydrogens (tertiary/aromatic N) is 1. The van der Waals surface area contributed by atoms with E-state index in [9.17, 15) is 9.18 Å². The SMILES string of the molecule is O=C1N(C[C@H]2CCCO2)c2c(F)cccc2C12COc1cc3c(cc12)CCO3. The molecule has 0 aromatic heterocycles. The van der Waals surface area contributed by atoms with Crippen molar-refractivity contribution in [3.8, 4) is 11.5 Å². The second kappa shape index (κ2) is 5.70. The molecule has 4 aliphatic rings. The lowest BCUT2D eigenvalue weighted by Crippen LogP contribution is -2.45. The first-order valence-corrected chi connectivity index (χ1v) is 9.84. The van der Waals surface area contributed by atoms with Gasteiger partial charge in [-0.3, -0.25) is 4.79 Å². The van der Waals surface area contributed by atoms with Crippen molar-refractivity contribution < 1.29 is 23.4 Å². The molecule has 0 bridgehead atoms. The minimum Gasteiger partial charge on any atom is -0.493 e. The van der Waals surface area contributed by atoms with Gasteiger partial charge < -0.3 is 19.1 Å². The lowest BCUT2D eigenvalue weighted by atomic mass is 9.76. The van der Waals surface area contributed by atoms with Crippen LogP contribution in [0.5, 0.6) is 11.5 Å². The lowest BCUT2D eigenvalue weighted by Gasteiger charge is -2.25. The summed E-state index contributed by atoms with van der Waals surface area (Å²) in [6, 6.07) is 8.84. The number of ether oxygens (including phenoxy) is 3. The van der Waals surface area contributed by atoms with Gasteiger partial charge in [-0.25, -0.2) is 4.39 Å². The van der Waals surface area contributed by atoms with Gasteiger partial charge in [-0.05, 0) is 30.5 Å². The second-order valence-corrected chi connectivity index (χ2v) is 7.94. The van der Waals surface area contributed by atoms with E-state index in [-0.39, 0.29) is 24.4 Å². The molecule has 5 nitrogen and oxygen atoms in total. The van der Waals surface area contributed by atoms with Crippen molar-refractivity contribution in [3.63, 3.8) is 0 Å². The summed E-state index contributed by atoms with van der Waals surface area (Å²) in [5, 5.41) is 0. The molecule has 1 saturated heterocycles. The van der Waals surface area contributed by atoms with Gasteiger partial charge in [0.25, 0.3) is 0 Å². The van der Waals surface area contributed by atoms with E-state index >= 15 is 0 Å². The number of carbonyl (C=O) groups excluding carboxylic acids is 1. The molecule has 2 aromatic carbocycles. The maximum atomic E-state index is 14.9.